The Hall–Kier alpha value is -4.54. The molecule has 0 unspecified atom stereocenters. The Bertz CT molecular complexity index is 1990. The van der Waals surface area contributed by atoms with Crippen LogP contribution in [0.15, 0.2) is 116 Å². The van der Waals surface area contributed by atoms with Gasteiger partial charge in [-0.15, -0.1) is 41.1 Å². The first-order valence-electron chi connectivity index (χ1n) is 13.8. The molecule has 0 atom stereocenters. The standard InChI is InChI=1S/C35H23BN5.Pt/c1-38-23-39(33-14-7-6-13-32(33)38)24-15-17-28-26-9-2-4-11-30(26)36-31-12-5-3-10-27(31)29-18-16-25(40-20-8-19-37-40)22-35(29)41(36)34(28)21-24;/h2-20,23H,1H3;/q-3;. The van der Waals surface area contributed by atoms with Gasteiger partial charge in [-0.3, -0.25) is 4.68 Å². The summed E-state index contributed by atoms with van der Waals surface area (Å²) in [4.78, 5) is 6.84. The molecule has 0 aliphatic carbocycles. The largest absolute Gasteiger partial charge is 0.504 e. The number of hydrogen-bond donors (Lipinski definition) is 0. The summed E-state index contributed by atoms with van der Waals surface area (Å²) in [7, 11) is 2.09. The number of rotatable bonds is 2. The molecule has 5 aromatic carbocycles. The molecule has 0 N–H and O–H groups in total. The van der Waals surface area contributed by atoms with Crippen LogP contribution in [-0.4, -0.2) is 23.7 Å². The molecule has 0 radical (unpaired) electrons. The third-order valence-corrected chi connectivity index (χ3v) is 8.47. The monoisotopic (exact) mass is 719 g/mol. The van der Waals surface area contributed by atoms with Crippen molar-refractivity contribution in [3.63, 3.8) is 0 Å². The fraction of sp³-hybridized carbons (Fsp3) is 0.0286. The summed E-state index contributed by atoms with van der Waals surface area (Å²) >= 11 is 0. The molecule has 1 aromatic heterocycles. The summed E-state index contributed by atoms with van der Waals surface area (Å²) in [6, 6.07) is 44.4. The molecule has 0 saturated carbocycles. The number of fused-ring (bicyclic) bond motifs is 12. The summed E-state index contributed by atoms with van der Waals surface area (Å²) in [5, 5.41) is 4.50. The smallest absolute Gasteiger partial charge is 0.324 e. The van der Waals surface area contributed by atoms with Crippen molar-refractivity contribution in [3.05, 3.63) is 134 Å². The number of hydrogen-bond acceptors (Lipinski definition) is 4. The van der Waals surface area contributed by atoms with E-state index in [0.29, 0.717) is 0 Å². The van der Waals surface area contributed by atoms with Crippen LogP contribution in [0.5, 0.6) is 0 Å². The zero-order chi connectivity index (χ0) is 27.1. The van der Waals surface area contributed by atoms with Gasteiger partial charge < -0.3 is 14.6 Å². The minimum Gasteiger partial charge on any atom is -0.504 e. The van der Waals surface area contributed by atoms with Gasteiger partial charge in [-0.25, -0.2) is 0 Å². The van der Waals surface area contributed by atoms with E-state index >= 15 is 0 Å². The van der Waals surface area contributed by atoms with Crippen molar-refractivity contribution in [1.29, 1.82) is 0 Å². The maximum absolute atomic E-state index is 4.50. The van der Waals surface area contributed by atoms with Crippen molar-refractivity contribution in [2.75, 3.05) is 21.7 Å². The van der Waals surface area contributed by atoms with E-state index in [1.54, 1.807) is 6.20 Å². The molecule has 0 saturated heterocycles. The second kappa shape index (κ2) is 9.50. The van der Waals surface area contributed by atoms with Crippen LogP contribution < -0.4 is 25.5 Å². The number of anilines is 5. The first-order chi connectivity index (χ1) is 20.3. The van der Waals surface area contributed by atoms with E-state index in [-0.39, 0.29) is 27.9 Å². The minimum absolute atomic E-state index is 0. The van der Waals surface area contributed by atoms with E-state index in [1.807, 2.05) is 16.9 Å². The Labute approximate surface area is 260 Å². The van der Waals surface area contributed by atoms with Crippen LogP contribution >= 0.6 is 0 Å². The van der Waals surface area contributed by atoms with Gasteiger partial charge in [-0.05, 0) is 30.9 Å². The van der Waals surface area contributed by atoms with E-state index < -0.39 is 0 Å². The predicted molar refractivity (Wildman–Crippen MR) is 167 cm³/mol. The van der Waals surface area contributed by atoms with Crippen LogP contribution in [0.25, 0.3) is 27.9 Å². The second-order valence-electron chi connectivity index (χ2n) is 10.7. The fourth-order valence-corrected chi connectivity index (χ4v) is 6.68. The van der Waals surface area contributed by atoms with Gasteiger partial charge >= 0.3 is 6.85 Å². The average molecular weight is 719 g/mol. The average Bonchev–Trinajstić information content (AvgIpc) is 3.69. The number of nitrogens with zero attached hydrogens (tertiary/aromatic N) is 5. The van der Waals surface area contributed by atoms with Gasteiger partial charge in [0.1, 0.15) is 0 Å². The van der Waals surface area contributed by atoms with Crippen molar-refractivity contribution in [2.24, 2.45) is 0 Å². The molecule has 6 aromatic rings. The van der Waals surface area contributed by atoms with Gasteiger partial charge in [0.2, 0.25) is 0 Å². The molecular formula is C35H23BN5Pt-3. The van der Waals surface area contributed by atoms with Gasteiger partial charge in [0.15, 0.2) is 0 Å². The molecule has 3 aliphatic rings. The first-order valence-corrected chi connectivity index (χ1v) is 13.8. The quantitative estimate of drug-likeness (QED) is 0.160. The van der Waals surface area contributed by atoms with Crippen LogP contribution in [0.3, 0.4) is 0 Å². The van der Waals surface area contributed by atoms with Crippen molar-refractivity contribution < 1.29 is 21.1 Å². The van der Waals surface area contributed by atoms with Crippen LogP contribution in [-0.2, 0) is 21.1 Å². The normalized spacial score (nSPS) is 13.8. The van der Waals surface area contributed by atoms with Gasteiger partial charge in [0.05, 0.1) is 0 Å². The van der Waals surface area contributed by atoms with Crippen molar-refractivity contribution >= 4 is 46.2 Å². The van der Waals surface area contributed by atoms with E-state index in [1.165, 1.54) is 33.3 Å². The van der Waals surface area contributed by atoms with Crippen LogP contribution in [0.2, 0.25) is 0 Å². The van der Waals surface area contributed by atoms with E-state index in [2.05, 4.69) is 143 Å². The van der Waals surface area contributed by atoms with Crippen LogP contribution in [0, 0.1) is 18.8 Å². The molecule has 3 aliphatic heterocycles. The summed E-state index contributed by atoms with van der Waals surface area (Å²) in [5.41, 5.74) is 13.7. The molecule has 0 spiro atoms. The predicted octanol–water partition coefficient (Wildman–Crippen LogP) is 6.08. The molecule has 7 heteroatoms. The molecule has 204 valence electrons. The summed E-state index contributed by atoms with van der Waals surface area (Å²) in [6.45, 7) is 2.13. The summed E-state index contributed by atoms with van der Waals surface area (Å²) in [6.07, 6.45) is 3.77. The molecule has 42 heavy (non-hydrogen) atoms. The SMILES string of the molecule is CN1[CH-]N(c2[c-]c3c(cc2)-c2ccccc2B2c4ccccc4-c4ccc(-n5cccn5)[c-]c4N23)c2ccccc21.[Pt]. The maximum atomic E-state index is 4.50. The molecule has 0 amide bonds. The Morgan fingerprint density at radius 2 is 1.24 bits per heavy atom. The summed E-state index contributed by atoms with van der Waals surface area (Å²) < 4.78 is 1.88. The van der Waals surface area contributed by atoms with Crippen molar-refractivity contribution in [2.45, 2.75) is 0 Å². The topological polar surface area (TPSA) is 27.5 Å². The van der Waals surface area contributed by atoms with Gasteiger partial charge in [0, 0.05) is 44.8 Å². The van der Waals surface area contributed by atoms with Gasteiger partial charge in [0.25, 0.3) is 0 Å². The molecule has 9 rings (SSSR count). The maximum Gasteiger partial charge on any atom is 0.324 e. The fourth-order valence-electron chi connectivity index (χ4n) is 6.68. The third kappa shape index (κ3) is 3.52. The van der Waals surface area contributed by atoms with Crippen molar-refractivity contribution in [3.8, 4) is 27.9 Å². The first kappa shape index (κ1) is 25.2. The molecule has 4 heterocycles. The molecular weight excluding hydrogens is 696 g/mol. The zero-order valence-electron chi connectivity index (χ0n) is 22.7. The Morgan fingerprint density at radius 3 is 1.90 bits per heavy atom. The van der Waals surface area contributed by atoms with Crippen molar-refractivity contribution in [1.82, 2.24) is 9.78 Å². The van der Waals surface area contributed by atoms with E-state index in [4.69, 9.17) is 0 Å². The molecule has 0 fully saturated rings. The Morgan fingerprint density at radius 1 is 0.643 bits per heavy atom. The van der Waals surface area contributed by atoms with E-state index in [0.717, 1.165) is 34.0 Å². The Kier molecular flexibility index (Phi) is 5.70. The third-order valence-electron chi connectivity index (χ3n) is 8.47. The molecule has 0 bridgehead atoms. The second-order valence-corrected chi connectivity index (χ2v) is 10.7. The molecule has 5 nitrogen and oxygen atoms in total. The van der Waals surface area contributed by atoms with Crippen LogP contribution in [0.1, 0.15) is 0 Å². The van der Waals surface area contributed by atoms with E-state index in [9.17, 15) is 0 Å². The number of aromatic nitrogens is 2. The summed E-state index contributed by atoms with van der Waals surface area (Å²) in [5.74, 6) is 0. The number of benzene rings is 5. The number of para-hydroxylation sites is 2. The Balaban J connectivity index is 0.00000267. The van der Waals surface area contributed by atoms with Gasteiger partial charge in [-0.2, -0.15) is 23.9 Å². The minimum atomic E-state index is -0.00413. The van der Waals surface area contributed by atoms with Gasteiger partial charge in [-0.1, -0.05) is 94.1 Å². The van der Waals surface area contributed by atoms with Crippen LogP contribution in [0.4, 0.5) is 28.4 Å². The zero-order valence-corrected chi connectivity index (χ0v) is 24.9.